The number of imidazole rings is 1. The highest BCUT2D eigenvalue weighted by Crippen LogP contribution is 2.38. The minimum Gasteiger partial charge on any atom is -0.340 e. The van der Waals surface area contributed by atoms with Gasteiger partial charge in [0.2, 0.25) is 11.8 Å². The van der Waals surface area contributed by atoms with Gasteiger partial charge < -0.3 is 14.8 Å². The van der Waals surface area contributed by atoms with Crippen molar-refractivity contribution in [1.29, 1.82) is 0 Å². The predicted octanol–water partition coefficient (Wildman–Crippen LogP) is 8.81. The van der Waals surface area contributed by atoms with Crippen LogP contribution in [0.2, 0.25) is 0 Å². The molecule has 4 heterocycles. The summed E-state index contributed by atoms with van der Waals surface area (Å²) in [7, 11) is 7.89. The van der Waals surface area contributed by atoms with Crippen LogP contribution in [-0.2, 0) is 9.59 Å². The van der Waals surface area contributed by atoms with Gasteiger partial charge in [-0.15, -0.1) is 0 Å². The predicted molar refractivity (Wildman–Crippen MR) is 233 cm³/mol. The number of aromatic nitrogens is 2. The first-order chi connectivity index (χ1) is 28.1. The van der Waals surface area contributed by atoms with Gasteiger partial charge in [0.15, 0.2) is 0 Å². The molecule has 2 amide bonds. The molecule has 9 heteroatoms. The van der Waals surface area contributed by atoms with E-state index in [-0.39, 0.29) is 36.0 Å². The molecule has 58 heavy (non-hydrogen) atoms. The van der Waals surface area contributed by atoms with Crippen molar-refractivity contribution < 1.29 is 9.59 Å². The van der Waals surface area contributed by atoms with Gasteiger partial charge in [-0.05, 0) is 124 Å². The number of hydrogen-bond donors (Lipinski definition) is 1. The van der Waals surface area contributed by atoms with Crippen LogP contribution in [0.25, 0.3) is 28.0 Å². The number of nitrogens with one attached hydrogen (secondary N) is 1. The zero-order valence-corrected chi connectivity index (χ0v) is 34.7. The highest BCUT2D eigenvalue weighted by Gasteiger charge is 2.39. The van der Waals surface area contributed by atoms with E-state index in [2.05, 4.69) is 60.1 Å². The van der Waals surface area contributed by atoms with Gasteiger partial charge in [-0.2, -0.15) is 0 Å². The van der Waals surface area contributed by atoms with E-state index in [9.17, 15) is 9.59 Å². The second-order valence-electron chi connectivity index (χ2n) is 16.6. The lowest BCUT2D eigenvalue weighted by atomic mass is 9.91. The van der Waals surface area contributed by atoms with Crippen LogP contribution in [0.5, 0.6) is 0 Å². The van der Waals surface area contributed by atoms with E-state index < -0.39 is 0 Å². The Bertz CT molecular complexity index is 2350. The fourth-order valence-corrected chi connectivity index (χ4v) is 9.38. The standard InChI is InChI=1S/C49H55N7O2/c1-32-27-36(38-29-41(50-30-38)43-19-13-25-55(43)48(57)45(53(3)4)34-15-9-7-10-16-34)21-23-39(32)40-24-22-37(28-33(40)2)42-31-51-47(52-42)44-20-14-26-56(44)49(58)46(54(5)6)35-17-11-8-12-18-35/h7-12,15-18,21-24,27-28,30-31,43-46H,13-14,19-20,25-26,29H2,1-6H3,(H,51,52)/t43-,44-,45+,46+/m0/s1. The first kappa shape index (κ1) is 39.2. The largest absolute Gasteiger partial charge is 0.340 e. The van der Waals surface area contributed by atoms with Crippen LogP contribution in [0.15, 0.2) is 114 Å². The number of aromatic amines is 1. The number of aliphatic imine (C=N–C) groups is 1. The van der Waals surface area contributed by atoms with E-state index in [1.807, 2.05) is 116 Å². The van der Waals surface area contributed by atoms with E-state index in [1.165, 1.54) is 33.4 Å². The molecule has 298 valence electrons. The van der Waals surface area contributed by atoms with Crippen molar-refractivity contribution in [2.75, 3.05) is 41.3 Å². The quantitative estimate of drug-likeness (QED) is 0.145. The molecule has 9 nitrogen and oxygen atoms in total. The first-order valence-corrected chi connectivity index (χ1v) is 20.7. The Morgan fingerprint density at radius 1 is 0.690 bits per heavy atom. The number of benzene rings is 4. The summed E-state index contributed by atoms with van der Waals surface area (Å²) < 4.78 is 0. The van der Waals surface area contributed by atoms with Crippen LogP contribution >= 0.6 is 0 Å². The number of likely N-dealkylation sites (tertiary alicyclic amines) is 2. The van der Waals surface area contributed by atoms with Crippen LogP contribution < -0.4 is 0 Å². The lowest BCUT2D eigenvalue weighted by molar-refractivity contribution is -0.137. The summed E-state index contributed by atoms with van der Waals surface area (Å²) in [5, 5.41) is 0. The van der Waals surface area contributed by atoms with E-state index in [0.29, 0.717) is 0 Å². The van der Waals surface area contributed by atoms with Crippen molar-refractivity contribution in [3.05, 3.63) is 143 Å². The Kier molecular flexibility index (Phi) is 11.3. The Labute approximate surface area is 343 Å². The zero-order valence-electron chi connectivity index (χ0n) is 34.7. The van der Waals surface area contributed by atoms with Crippen molar-refractivity contribution in [1.82, 2.24) is 29.6 Å². The van der Waals surface area contributed by atoms with E-state index in [1.54, 1.807) is 0 Å². The van der Waals surface area contributed by atoms with Crippen molar-refractivity contribution in [3.63, 3.8) is 0 Å². The van der Waals surface area contributed by atoms with Gasteiger partial charge in [0.25, 0.3) is 0 Å². The first-order valence-electron chi connectivity index (χ1n) is 20.7. The molecule has 2 saturated heterocycles. The molecule has 4 atom stereocenters. The summed E-state index contributed by atoms with van der Waals surface area (Å²) >= 11 is 0. The molecule has 1 aromatic heterocycles. The number of aryl methyl sites for hydroxylation is 2. The lowest BCUT2D eigenvalue weighted by Crippen LogP contribution is -2.45. The molecule has 4 aromatic carbocycles. The zero-order chi connectivity index (χ0) is 40.5. The molecular formula is C49H55N7O2. The number of carbonyl (C=O) groups excluding carboxylic acids is 2. The molecule has 0 spiro atoms. The fraction of sp³-hybridized carbons (Fsp3) is 0.347. The number of amides is 2. The minimum atomic E-state index is -0.341. The van der Waals surface area contributed by atoms with Crippen molar-refractivity contribution >= 4 is 23.1 Å². The molecule has 2 fully saturated rings. The summed E-state index contributed by atoms with van der Waals surface area (Å²) in [4.78, 5) is 49.4. The van der Waals surface area contributed by atoms with E-state index in [0.717, 1.165) is 79.1 Å². The fourth-order valence-electron chi connectivity index (χ4n) is 9.38. The van der Waals surface area contributed by atoms with Crippen LogP contribution in [0.3, 0.4) is 0 Å². The number of allylic oxidation sites excluding steroid dienone is 1. The second-order valence-corrected chi connectivity index (χ2v) is 16.6. The Morgan fingerprint density at radius 2 is 1.21 bits per heavy atom. The number of hydrogen-bond acceptors (Lipinski definition) is 6. The molecule has 0 radical (unpaired) electrons. The second kappa shape index (κ2) is 16.7. The van der Waals surface area contributed by atoms with Gasteiger partial charge in [-0.3, -0.25) is 24.4 Å². The lowest BCUT2D eigenvalue weighted by Gasteiger charge is -2.32. The third kappa shape index (κ3) is 7.68. The Balaban J connectivity index is 0.940. The summed E-state index contributed by atoms with van der Waals surface area (Å²) in [6, 6.07) is 32.7. The third-order valence-electron chi connectivity index (χ3n) is 12.3. The van der Waals surface area contributed by atoms with Crippen molar-refractivity contribution in [3.8, 4) is 22.4 Å². The summed E-state index contributed by atoms with van der Waals surface area (Å²) in [6.45, 7) is 5.83. The molecule has 1 N–H and O–H groups in total. The van der Waals surface area contributed by atoms with E-state index in [4.69, 9.17) is 9.98 Å². The van der Waals surface area contributed by atoms with Gasteiger partial charge in [-0.25, -0.2) is 4.98 Å². The van der Waals surface area contributed by atoms with Gasteiger partial charge >= 0.3 is 0 Å². The average Bonchev–Trinajstić information content (AvgIpc) is 4.06. The maximum atomic E-state index is 14.0. The monoisotopic (exact) mass is 773 g/mol. The SMILES string of the molecule is Cc1cc(C2=CN=C([C@@H]3CCCN3C(=O)[C@@H](c3ccccc3)N(C)C)C2)ccc1-c1ccc(-c2cnc([C@@H]3CCCN3C(=O)[C@@H](c3ccccc3)N(C)C)[nH]2)cc1C. The number of nitrogens with zero attached hydrogens (tertiary/aromatic N) is 6. The van der Waals surface area contributed by atoms with E-state index >= 15 is 0 Å². The molecule has 0 bridgehead atoms. The summed E-state index contributed by atoms with van der Waals surface area (Å²) in [5.41, 5.74) is 12.3. The van der Waals surface area contributed by atoms with Crippen LogP contribution in [-0.4, -0.2) is 94.4 Å². The van der Waals surface area contributed by atoms with Crippen LogP contribution in [0.4, 0.5) is 0 Å². The third-order valence-corrected chi connectivity index (χ3v) is 12.3. The topological polar surface area (TPSA) is 88.1 Å². The van der Waals surface area contributed by atoms with Gasteiger partial charge in [-0.1, -0.05) is 91.0 Å². The molecular weight excluding hydrogens is 719 g/mol. The minimum absolute atomic E-state index is 0.0227. The Morgan fingerprint density at radius 3 is 1.76 bits per heavy atom. The van der Waals surface area contributed by atoms with Crippen molar-refractivity contribution in [2.45, 2.75) is 70.1 Å². The maximum absolute atomic E-state index is 14.0. The number of H-pyrrole nitrogens is 1. The highest BCUT2D eigenvalue weighted by atomic mass is 16.2. The molecule has 0 unspecified atom stereocenters. The highest BCUT2D eigenvalue weighted by molar-refractivity contribution is 6.03. The van der Waals surface area contributed by atoms with Crippen molar-refractivity contribution in [2.24, 2.45) is 4.99 Å². The normalized spacial score (nSPS) is 19.2. The van der Waals surface area contributed by atoms with Gasteiger partial charge in [0.05, 0.1) is 24.0 Å². The Hall–Kier alpha value is -5.64. The molecule has 8 rings (SSSR count). The average molecular weight is 774 g/mol. The number of carbonyl (C=O) groups is 2. The summed E-state index contributed by atoms with van der Waals surface area (Å²) in [5.74, 6) is 1.10. The van der Waals surface area contributed by atoms with Gasteiger partial charge in [0.1, 0.15) is 17.9 Å². The van der Waals surface area contributed by atoms with Crippen LogP contribution in [0.1, 0.15) is 83.9 Å². The smallest absolute Gasteiger partial charge is 0.245 e. The maximum Gasteiger partial charge on any atom is 0.245 e. The summed E-state index contributed by atoms with van der Waals surface area (Å²) in [6.07, 6.45) is 8.43. The molecule has 0 aliphatic carbocycles. The molecule has 3 aliphatic rings. The number of rotatable bonds is 11. The number of likely N-dealkylation sites (N-methyl/N-ethyl adjacent to an activating group) is 2. The molecule has 3 aliphatic heterocycles. The van der Waals surface area contributed by atoms with Crippen LogP contribution in [0, 0.1) is 13.8 Å². The molecule has 5 aromatic rings. The van der Waals surface area contributed by atoms with Gasteiger partial charge in [0, 0.05) is 31.4 Å². The molecule has 0 saturated carbocycles.